The lowest BCUT2D eigenvalue weighted by Gasteiger charge is -2.22. The molecule has 4 atom stereocenters. The molecule has 2 aromatic rings. The molecule has 0 aromatic heterocycles. The Hall–Kier alpha value is -3.72. The number of nitrogens with zero attached hydrogens (tertiary/aromatic N) is 1. The van der Waals surface area contributed by atoms with Crippen LogP contribution in [0.4, 0.5) is 5.69 Å². The molecule has 9 heteroatoms. The number of para-hydroxylation sites is 1. The van der Waals surface area contributed by atoms with Crippen LogP contribution in [0.3, 0.4) is 0 Å². The molecule has 9 nitrogen and oxygen atoms in total. The van der Waals surface area contributed by atoms with Crippen LogP contribution in [-0.4, -0.2) is 46.6 Å². The van der Waals surface area contributed by atoms with E-state index in [2.05, 4.69) is 5.32 Å². The first kappa shape index (κ1) is 20.5. The second-order valence-corrected chi connectivity index (χ2v) is 7.35. The van der Waals surface area contributed by atoms with Gasteiger partial charge in [0.05, 0.1) is 29.7 Å². The molecule has 2 saturated heterocycles. The molecule has 0 aliphatic carbocycles. The van der Waals surface area contributed by atoms with Gasteiger partial charge in [-0.05, 0) is 37.3 Å². The fourth-order valence-corrected chi connectivity index (χ4v) is 4.29. The summed E-state index contributed by atoms with van der Waals surface area (Å²) in [5.74, 6) is -5.21. The molecule has 2 aliphatic rings. The van der Waals surface area contributed by atoms with Crippen molar-refractivity contribution in [1.29, 1.82) is 0 Å². The lowest BCUT2D eigenvalue weighted by Crippen LogP contribution is -2.43. The van der Waals surface area contributed by atoms with Gasteiger partial charge in [0.25, 0.3) is 0 Å². The van der Waals surface area contributed by atoms with E-state index in [-0.39, 0.29) is 23.6 Å². The Morgan fingerprint density at radius 3 is 2.29 bits per heavy atom. The molecule has 31 heavy (non-hydrogen) atoms. The van der Waals surface area contributed by atoms with Crippen molar-refractivity contribution >= 4 is 29.4 Å². The van der Waals surface area contributed by atoms with Gasteiger partial charge in [-0.1, -0.05) is 18.2 Å². The van der Waals surface area contributed by atoms with Crippen molar-refractivity contribution in [2.45, 2.75) is 19.0 Å². The van der Waals surface area contributed by atoms with E-state index in [1.54, 1.807) is 25.1 Å². The van der Waals surface area contributed by atoms with Crippen LogP contribution in [0.1, 0.15) is 28.9 Å². The molecule has 2 heterocycles. The number of nitrogens with one attached hydrogen (secondary N) is 1. The maximum atomic E-state index is 13.3. The van der Waals surface area contributed by atoms with E-state index in [9.17, 15) is 29.4 Å². The maximum absolute atomic E-state index is 13.3. The summed E-state index contributed by atoms with van der Waals surface area (Å²) in [6.45, 7) is 1.89. The molecule has 160 valence electrons. The van der Waals surface area contributed by atoms with Gasteiger partial charge >= 0.3 is 11.9 Å². The number of carbonyl (C=O) groups is 4. The quantitative estimate of drug-likeness (QED) is 0.485. The lowest BCUT2D eigenvalue weighted by molar-refractivity contribution is -0.142. The van der Waals surface area contributed by atoms with Crippen molar-refractivity contribution in [1.82, 2.24) is 5.32 Å². The topological polar surface area (TPSA) is 133 Å². The zero-order chi connectivity index (χ0) is 22.3. The van der Waals surface area contributed by atoms with Crippen molar-refractivity contribution in [3.05, 3.63) is 59.7 Å². The number of carboxylic acid groups (broad SMARTS) is 1. The van der Waals surface area contributed by atoms with E-state index in [4.69, 9.17) is 4.74 Å². The minimum Gasteiger partial charge on any atom is -0.508 e. The van der Waals surface area contributed by atoms with E-state index >= 15 is 0 Å². The molecule has 4 rings (SSSR count). The SMILES string of the molecule is CCOC(=O)c1ccc(N2C(=O)[C@H]3[C@H](C2=O)[C@H](C(=O)O)N[C@@H]3c2ccccc2O)cc1. The highest BCUT2D eigenvalue weighted by Crippen LogP contribution is 2.46. The van der Waals surface area contributed by atoms with Crippen LogP contribution in [0.5, 0.6) is 5.75 Å². The minimum atomic E-state index is -1.28. The Balaban J connectivity index is 1.70. The number of hydrogen-bond acceptors (Lipinski definition) is 7. The number of amides is 2. The predicted octanol–water partition coefficient (Wildman–Crippen LogP) is 1.47. The highest BCUT2D eigenvalue weighted by Gasteiger charge is 2.61. The zero-order valence-electron chi connectivity index (χ0n) is 16.5. The number of anilines is 1. The number of phenols is 1. The molecule has 0 spiro atoms. The first-order valence-corrected chi connectivity index (χ1v) is 9.77. The van der Waals surface area contributed by atoms with Crippen LogP contribution in [0.2, 0.25) is 0 Å². The summed E-state index contributed by atoms with van der Waals surface area (Å²) in [7, 11) is 0. The van der Waals surface area contributed by atoms with E-state index < -0.39 is 47.7 Å². The summed E-state index contributed by atoms with van der Waals surface area (Å²) >= 11 is 0. The van der Waals surface area contributed by atoms with Gasteiger partial charge in [-0.3, -0.25) is 19.7 Å². The van der Waals surface area contributed by atoms with Gasteiger partial charge in [0.15, 0.2) is 0 Å². The molecular weight excluding hydrogens is 404 g/mol. The van der Waals surface area contributed by atoms with Gasteiger partial charge in [-0.25, -0.2) is 9.69 Å². The van der Waals surface area contributed by atoms with Gasteiger partial charge in [-0.15, -0.1) is 0 Å². The third-order valence-corrected chi connectivity index (χ3v) is 5.65. The number of ether oxygens (including phenoxy) is 1. The second-order valence-electron chi connectivity index (χ2n) is 7.35. The predicted molar refractivity (Wildman–Crippen MR) is 107 cm³/mol. The van der Waals surface area contributed by atoms with E-state index in [0.717, 1.165) is 4.90 Å². The Morgan fingerprint density at radius 2 is 1.68 bits per heavy atom. The summed E-state index contributed by atoms with van der Waals surface area (Å²) in [6.07, 6.45) is 0. The van der Waals surface area contributed by atoms with Crippen LogP contribution >= 0.6 is 0 Å². The van der Waals surface area contributed by atoms with Gasteiger partial charge in [-0.2, -0.15) is 0 Å². The fraction of sp³-hybridized carbons (Fsp3) is 0.273. The first-order valence-electron chi connectivity index (χ1n) is 9.77. The van der Waals surface area contributed by atoms with Gasteiger partial charge < -0.3 is 14.9 Å². The average molecular weight is 424 g/mol. The summed E-state index contributed by atoms with van der Waals surface area (Å²) < 4.78 is 4.93. The van der Waals surface area contributed by atoms with E-state index in [0.29, 0.717) is 5.56 Å². The number of aliphatic carboxylic acids is 1. The molecule has 3 N–H and O–H groups in total. The van der Waals surface area contributed by atoms with Gasteiger partial charge in [0.2, 0.25) is 11.8 Å². The Bertz CT molecular complexity index is 1070. The Morgan fingerprint density at radius 1 is 1.03 bits per heavy atom. The third-order valence-electron chi connectivity index (χ3n) is 5.65. The maximum Gasteiger partial charge on any atom is 0.338 e. The van der Waals surface area contributed by atoms with Crippen molar-refractivity contribution in [3.8, 4) is 5.75 Å². The zero-order valence-corrected chi connectivity index (χ0v) is 16.5. The minimum absolute atomic E-state index is 0.0951. The molecule has 0 unspecified atom stereocenters. The van der Waals surface area contributed by atoms with Gasteiger partial charge in [0.1, 0.15) is 11.8 Å². The van der Waals surface area contributed by atoms with Gasteiger partial charge in [0, 0.05) is 11.6 Å². The van der Waals surface area contributed by atoms with Crippen LogP contribution in [-0.2, 0) is 19.1 Å². The third kappa shape index (κ3) is 3.32. The highest BCUT2D eigenvalue weighted by molar-refractivity contribution is 6.23. The summed E-state index contributed by atoms with van der Waals surface area (Å²) in [6, 6.07) is 9.94. The van der Waals surface area contributed by atoms with E-state index in [1.165, 1.54) is 30.3 Å². The molecular formula is C22H20N2O7. The van der Waals surface area contributed by atoms with Crippen molar-refractivity contribution in [2.75, 3.05) is 11.5 Å². The fourth-order valence-electron chi connectivity index (χ4n) is 4.29. The van der Waals surface area contributed by atoms with Crippen LogP contribution in [0.25, 0.3) is 0 Å². The largest absolute Gasteiger partial charge is 0.508 e. The smallest absolute Gasteiger partial charge is 0.338 e. The van der Waals surface area contributed by atoms with Crippen LogP contribution in [0, 0.1) is 11.8 Å². The number of fused-ring (bicyclic) bond motifs is 1. The number of imide groups is 1. The second kappa shape index (κ2) is 7.84. The van der Waals surface area contributed by atoms with E-state index in [1.807, 2.05) is 0 Å². The molecule has 2 amide bonds. The van der Waals surface area contributed by atoms with Crippen LogP contribution in [0.15, 0.2) is 48.5 Å². The number of carboxylic acids is 1. The number of esters is 1. The summed E-state index contributed by atoms with van der Waals surface area (Å²) in [5, 5.41) is 22.7. The molecule has 2 aliphatic heterocycles. The number of carbonyl (C=O) groups excluding carboxylic acids is 3. The standard InChI is InChI=1S/C22H20N2O7/c1-2-31-22(30)11-7-9-12(10-8-11)24-19(26)15-16(20(24)27)18(21(28)29)23-17(15)13-5-3-4-6-14(13)25/h3-10,15-18,23,25H,2H2,1H3,(H,28,29)/t15-,16-,17+,18+/m0/s1. The Kier molecular flexibility index (Phi) is 5.20. The molecule has 0 saturated carbocycles. The van der Waals surface area contributed by atoms with Crippen molar-refractivity contribution < 1.29 is 34.1 Å². The molecule has 0 radical (unpaired) electrons. The monoisotopic (exact) mass is 424 g/mol. The number of phenolic OH excluding ortho intramolecular Hbond substituents is 1. The number of rotatable bonds is 5. The van der Waals surface area contributed by atoms with Crippen LogP contribution < -0.4 is 10.2 Å². The molecule has 2 fully saturated rings. The van der Waals surface area contributed by atoms with Crippen molar-refractivity contribution in [2.24, 2.45) is 11.8 Å². The normalized spacial score (nSPS) is 24.9. The lowest BCUT2D eigenvalue weighted by atomic mass is 9.86. The molecule has 2 aromatic carbocycles. The number of aromatic hydroxyl groups is 1. The summed E-state index contributed by atoms with van der Waals surface area (Å²) in [4.78, 5) is 51.0. The highest BCUT2D eigenvalue weighted by atomic mass is 16.5. The Labute approximate surface area is 177 Å². The average Bonchev–Trinajstić information content (AvgIpc) is 3.26. The molecule has 0 bridgehead atoms. The number of benzene rings is 2. The number of hydrogen-bond donors (Lipinski definition) is 3. The first-order chi connectivity index (χ1) is 14.8. The summed E-state index contributed by atoms with van der Waals surface area (Å²) in [5.41, 5.74) is 0.849. The van der Waals surface area contributed by atoms with Crippen molar-refractivity contribution in [3.63, 3.8) is 0 Å².